The quantitative estimate of drug-likeness (QED) is 0.464. The van der Waals surface area contributed by atoms with Crippen molar-refractivity contribution in [1.82, 2.24) is 10.3 Å². The first-order valence-corrected chi connectivity index (χ1v) is 9.03. The number of aliphatic imine (C=N–C) groups is 1. The molecule has 3 aromatic rings. The van der Waals surface area contributed by atoms with Crippen LogP contribution in [0.2, 0.25) is 5.02 Å². The molecule has 3 rings (SSSR count). The summed E-state index contributed by atoms with van der Waals surface area (Å²) in [5, 5.41) is 3.70. The van der Waals surface area contributed by atoms with Crippen LogP contribution in [-0.4, -0.2) is 30.0 Å². The maximum Gasteiger partial charge on any atom is 0.430 e. The lowest BCUT2D eigenvalue weighted by molar-refractivity contribution is -0.0925. The van der Waals surface area contributed by atoms with Gasteiger partial charge in [-0.3, -0.25) is 14.8 Å². The lowest BCUT2D eigenvalue weighted by Gasteiger charge is -2.09. The third-order valence-electron chi connectivity index (χ3n) is 4.21. The number of nitrogens with two attached hydrogens (primary N) is 1. The number of allylic oxidation sites excluding steroid dienone is 1. The molecule has 9 heteroatoms. The molecule has 1 amide bonds. The fourth-order valence-corrected chi connectivity index (χ4v) is 2.85. The predicted molar refractivity (Wildman–Crippen MR) is 111 cm³/mol. The van der Waals surface area contributed by atoms with Gasteiger partial charge in [0.2, 0.25) is 0 Å². The minimum atomic E-state index is -4.71. The lowest BCUT2D eigenvalue weighted by atomic mass is 10.0. The Morgan fingerprint density at radius 3 is 2.60 bits per heavy atom. The average molecular weight is 433 g/mol. The number of rotatable bonds is 3. The molecule has 0 bridgehead atoms. The van der Waals surface area contributed by atoms with Crippen LogP contribution in [0.3, 0.4) is 0 Å². The maximum atomic E-state index is 12.6. The average Bonchev–Trinajstić information content (AvgIpc) is 2.71. The molecule has 1 aromatic heterocycles. The Bertz CT molecular complexity index is 1170. The van der Waals surface area contributed by atoms with E-state index in [0.29, 0.717) is 16.6 Å². The summed E-state index contributed by atoms with van der Waals surface area (Å²) in [5.41, 5.74) is 6.13. The van der Waals surface area contributed by atoms with E-state index in [-0.39, 0.29) is 11.4 Å². The van der Waals surface area contributed by atoms with Crippen molar-refractivity contribution in [1.29, 1.82) is 0 Å². The smallest absolute Gasteiger partial charge is 0.395 e. The van der Waals surface area contributed by atoms with E-state index in [9.17, 15) is 18.0 Å². The van der Waals surface area contributed by atoms with Crippen LogP contribution < -0.4 is 11.1 Å². The molecule has 1 heterocycles. The molecule has 0 aliphatic carbocycles. The Labute approximate surface area is 175 Å². The van der Waals surface area contributed by atoms with Gasteiger partial charge in [0.25, 0.3) is 5.91 Å². The van der Waals surface area contributed by atoms with Crippen molar-refractivity contribution < 1.29 is 18.0 Å². The number of hydrogen-bond acceptors (Lipinski definition) is 4. The first kappa shape index (κ1) is 21.3. The second kappa shape index (κ2) is 8.54. The van der Waals surface area contributed by atoms with Gasteiger partial charge in [0.1, 0.15) is 11.5 Å². The molecule has 0 unspecified atom stereocenters. The summed E-state index contributed by atoms with van der Waals surface area (Å²) >= 11 is 6.03. The molecule has 0 aliphatic rings. The largest absolute Gasteiger partial charge is 0.430 e. The van der Waals surface area contributed by atoms with Gasteiger partial charge in [0.15, 0.2) is 0 Å². The van der Waals surface area contributed by atoms with Crippen molar-refractivity contribution >= 4 is 34.2 Å². The summed E-state index contributed by atoms with van der Waals surface area (Å²) in [7, 11) is 1.25. The molecule has 30 heavy (non-hydrogen) atoms. The Morgan fingerprint density at radius 1 is 1.17 bits per heavy atom. The first-order valence-electron chi connectivity index (χ1n) is 8.65. The molecular formula is C21H16ClF3N4O. The van der Waals surface area contributed by atoms with E-state index in [2.05, 4.69) is 15.3 Å². The van der Waals surface area contributed by atoms with Gasteiger partial charge in [-0.15, -0.1) is 0 Å². The number of carbonyl (C=O) groups excluding carboxylic acids is 1. The summed E-state index contributed by atoms with van der Waals surface area (Å²) in [5.74, 6) is -0.941. The van der Waals surface area contributed by atoms with Gasteiger partial charge in [-0.2, -0.15) is 13.2 Å². The highest BCUT2D eigenvalue weighted by Crippen LogP contribution is 2.25. The highest BCUT2D eigenvalue weighted by atomic mass is 35.5. The molecule has 0 saturated carbocycles. The predicted octanol–water partition coefficient (Wildman–Crippen LogP) is 4.72. The van der Waals surface area contributed by atoms with Crippen molar-refractivity contribution in [2.24, 2.45) is 10.7 Å². The fourth-order valence-electron chi connectivity index (χ4n) is 2.66. The highest BCUT2D eigenvalue weighted by Gasteiger charge is 2.31. The van der Waals surface area contributed by atoms with Crippen LogP contribution in [-0.2, 0) is 0 Å². The number of amidine groups is 1. The number of nitrogens with zero attached hydrogens (tertiary/aromatic N) is 2. The van der Waals surface area contributed by atoms with Crippen LogP contribution >= 0.6 is 11.6 Å². The van der Waals surface area contributed by atoms with Crippen molar-refractivity contribution in [2.45, 2.75) is 6.18 Å². The maximum absolute atomic E-state index is 12.6. The number of alkyl halides is 3. The van der Waals surface area contributed by atoms with E-state index >= 15 is 0 Å². The van der Waals surface area contributed by atoms with E-state index in [0.717, 1.165) is 16.5 Å². The molecule has 5 nitrogen and oxygen atoms in total. The second-order valence-electron chi connectivity index (χ2n) is 6.30. The number of benzene rings is 2. The SMILES string of the molecule is CN=C(C=C(N)C(F)(F)F)NC(=O)c1ccc2cc(-c3cccc(Cl)c3)cnc2c1. The molecule has 0 radical (unpaired) electrons. The van der Waals surface area contributed by atoms with Crippen LogP contribution in [0, 0.1) is 0 Å². The zero-order chi connectivity index (χ0) is 21.9. The third kappa shape index (κ3) is 4.96. The van der Waals surface area contributed by atoms with Crippen LogP contribution in [0.15, 0.2) is 71.5 Å². The van der Waals surface area contributed by atoms with Crippen LogP contribution in [0.4, 0.5) is 13.2 Å². The molecular weight excluding hydrogens is 417 g/mol. The normalized spacial score (nSPS) is 12.8. The number of aromatic nitrogens is 1. The number of hydrogen-bond donors (Lipinski definition) is 2. The Hall–Kier alpha value is -3.39. The van der Waals surface area contributed by atoms with Gasteiger partial charge < -0.3 is 11.1 Å². The number of nitrogens with one attached hydrogen (secondary N) is 1. The zero-order valence-corrected chi connectivity index (χ0v) is 16.4. The monoisotopic (exact) mass is 432 g/mol. The topological polar surface area (TPSA) is 80.4 Å². The number of amides is 1. The van der Waals surface area contributed by atoms with Crippen molar-refractivity contribution in [3.8, 4) is 11.1 Å². The van der Waals surface area contributed by atoms with E-state index in [1.54, 1.807) is 24.4 Å². The summed E-state index contributed by atoms with van der Waals surface area (Å²) in [6, 6.07) is 14.0. The minimum absolute atomic E-state index is 0.214. The van der Waals surface area contributed by atoms with E-state index in [1.165, 1.54) is 13.1 Å². The van der Waals surface area contributed by atoms with Crippen LogP contribution in [0.25, 0.3) is 22.0 Å². The minimum Gasteiger partial charge on any atom is -0.395 e. The summed E-state index contributed by atoms with van der Waals surface area (Å²) < 4.78 is 37.7. The molecule has 0 atom stereocenters. The van der Waals surface area contributed by atoms with Gasteiger partial charge >= 0.3 is 6.18 Å². The van der Waals surface area contributed by atoms with Gasteiger partial charge in [0, 0.05) is 40.9 Å². The molecule has 154 valence electrons. The van der Waals surface area contributed by atoms with Crippen LogP contribution in [0.5, 0.6) is 0 Å². The van der Waals surface area contributed by atoms with Crippen LogP contribution in [0.1, 0.15) is 10.4 Å². The Balaban J connectivity index is 1.85. The zero-order valence-electron chi connectivity index (χ0n) is 15.7. The van der Waals surface area contributed by atoms with E-state index < -0.39 is 17.8 Å². The Kier molecular flexibility index (Phi) is 6.07. The fraction of sp³-hybridized carbons (Fsp3) is 0.0952. The molecule has 0 fully saturated rings. The summed E-state index contributed by atoms with van der Waals surface area (Å²) in [6.45, 7) is 0. The third-order valence-corrected chi connectivity index (χ3v) is 4.44. The summed E-state index contributed by atoms with van der Waals surface area (Å²) in [4.78, 5) is 20.4. The first-order chi connectivity index (χ1) is 14.2. The van der Waals surface area contributed by atoms with Gasteiger partial charge in [-0.25, -0.2) is 0 Å². The number of halogens is 4. The standard InChI is InChI=1S/C21H16ClF3N4O/c1-27-19(10-18(26)21(23,24)25)29-20(30)14-6-5-13-7-15(11-28-17(13)9-14)12-3-2-4-16(22)8-12/h2-11H,26H2,1H3,(H,27,29,30). The molecule has 0 aliphatic heterocycles. The Morgan fingerprint density at radius 2 is 1.93 bits per heavy atom. The van der Waals surface area contributed by atoms with Gasteiger partial charge in [-0.05, 0) is 35.9 Å². The van der Waals surface area contributed by atoms with Crippen molar-refractivity contribution in [2.75, 3.05) is 7.05 Å². The van der Waals surface area contributed by atoms with E-state index in [4.69, 9.17) is 17.3 Å². The van der Waals surface area contributed by atoms with E-state index in [1.807, 2.05) is 24.3 Å². The van der Waals surface area contributed by atoms with Crippen molar-refractivity contribution in [3.63, 3.8) is 0 Å². The molecule has 0 spiro atoms. The molecule has 3 N–H and O–H groups in total. The second-order valence-corrected chi connectivity index (χ2v) is 6.74. The molecule has 0 saturated heterocycles. The number of fused-ring (bicyclic) bond motifs is 1. The lowest BCUT2D eigenvalue weighted by Crippen LogP contribution is -2.31. The highest BCUT2D eigenvalue weighted by molar-refractivity contribution is 6.30. The molecule has 2 aromatic carbocycles. The summed E-state index contributed by atoms with van der Waals surface area (Å²) in [6.07, 6.45) is -2.50. The van der Waals surface area contributed by atoms with Gasteiger partial charge in [0.05, 0.1) is 5.52 Å². The number of carbonyl (C=O) groups is 1. The van der Waals surface area contributed by atoms with Gasteiger partial charge in [-0.1, -0.05) is 29.8 Å². The number of pyridine rings is 1. The van der Waals surface area contributed by atoms with Crippen molar-refractivity contribution in [3.05, 3.63) is 77.1 Å².